The van der Waals surface area contributed by atoms with Crippen molar-refractivity contribution >= 4 is 23.2 Å². The third-order valence-electron chi connectivity index (χ3n) is 3.21. The average molecular weight is 340 g/mol. The van der Waals surface area contributed by atoms with E-state index in [9.17, 15) is 4.79 Å². The van der Waals surface area contributed by atoms with Gasteiger partial charge in [0.05, 0.1) is 22.6 Å². The van der Waals surface area contributed by atoms with Gasteiger partial charge in [0.15, 0.2) is 5.75 Å². The number of ether oxygens (including phenoxy) is 1. The Hall–Kier alpha value is -2.92. The van der Waals surface area contributed by atoms with Crippen molar-refractivity contribution in [2.24, 2.45) is 0 Å². The maximum Gasteiger partial charge on any atom is 0.275 e. The maximum atomic E-state index is 12.3. The third kappa shape index (κ3) is 3.70. The number of nitrogens with zero attached hydrogens (tertiary/aromatic N) is 2. The highest BCUT2D eigenvalue weighted by atomic mass is 35.5. The summed E-state index contributed by atoms with van der Waals surface area (Å²) in [6.07, 6.45) is 2.98. The van der Waals surface area contributed by atoms with Gasteiger partial charge < -0.3 is 10.1 Å². The summed E-state index contributed by atoms with van der Waals surface area (Å²) in [5.41, 5.74) is 1.49. The quantitative estimate of drug-likeness (QED) is 0.761. The number of aryl methyl sites for hydroxylation is 1. The average Bonchev–Trinajstić information content (AvgIpc) is 2.59. The van der Waals surface area contributed by atoms with Gasteiger partial charge in [-0.3, -0.25) is 9.78 Å². The van der Waals surface area contributed by atoms with E-state index in [4.69, 9.17) is 16.3 Å². The molecule has 0 radical (unpaired) electrons. The first-order chi connectivity index (χ1) is 11.6. The van der Waals surface area contributed by atoms with Crippen LogP contribution in [0, 0.1) is 6.92 Å². The molecule has 0 unspecified atom stereocenters. The van der Waals surface area contributed by atoms with Crippen molar-refractivity contribution in [3.63, 3.8) is 0 Å². The highest BCUT2D eigenvalue weighted by molar-refractivity contribution is 6.32. The molecule has 5 nitrogen and oxygen atoms in total. The summed E-state index contributed by atoms with van der Waals surface area (Å²) >= 11 is 6.11. The smallest absolute Gasteiger partial charge is 0.275 e. The van der Waals surface area contributed by atoms with Gasteiger partial charge in [0.1, 0.15) is 11.4 Å². The van der Waals surface area contributed by atoms with E-state index in [0.717, 1.165) is 5.69 Å². The van der Waals surface area contributed by atoms with E-state index >= 15 is 0 Å². The second-order valence-corrected chi connectivity index (χ2v) is 5.43. The SMILES string of the molecule is Cc1cnc(C(=O)Nc2ccccc2Oc2ccccc2Cl)cn1. The second-order valence-electron chi connectivity index (χ2n) is 5.03. The molecule has 1 N–H and O–H groups in total. The Bertz CT molecular complexity index is 866. The summed E-state index contributed by atoms with van der Waals surface area (Å²) in [6, 6.07) is 14.2. The molecule has 0 bridgehead atoms. The molecular formula is C18H14ClN3O2. The lowest BCUT2D eigenvalue weighted by Gasteiger charge is -2.12. The van der Waals surface area contributed by atoms with Crippen LogP contribution in [0.4, 0.5) is 5.69 Å². The highest BCUT2D eigenvalue weighted by Gasteiger charge is 2.12. The molecule has 1 aromatic heterocycles. The number of rotatable bonds is 4. The molecule has 0 spiro atoms. The normalized spacial score (nSPS) is 10.2. The maximum absolute atomic E-state index is 12.3. The van der Waals surface area contributed by atoms with Crippen molar-refractivity contribution in [2.75, 3.05) is 5.32 Å². The number of carbonyl (C=O) groups is 1. The lowest BCUT2D eigenvalue weighted by atomic mass is 10.2. The summed E-state index contributed by atoms with van der Waals surface area (Å²) in [6.45, 7) is 1.81. The monoisotopic (exact) mass is 339 g/mol. The third-order valence-corrected chi connectivity index (χ3v) is 3.52. The number of hydrogen-bond donors (Lipinski definition) is 1. The molecule has 1 heterocycles. The molecule has 6 heteroatoms. The molecule has 120 valence electrons. The first-order valence-corrected chi connectivity index (χ1v) is 7.62. The Morgan fingerprint density at radius 3 is 2.42 bits per heavy atom. The van der Waals surface area contributed by atoms with Crippen molar-refractivity contribution in [3.05, 3.63) is 77.3 Å². The van der Waals surface area contributed by atoms with Crippen LogP contribution in [0.25, 0.3) is 0 Å². The van der Waals surface area contributed by atoms with E-state index in [2.05, 4.69) is 15.3 Å². The van der Waals surface area contributed by atoms with Crippen LogP contribution in [-0.2, 0) is 0 Å². The van der Waals surface area contributed by atoms with E-state index in [-0.39, 0.29) is 11.6 Å². The van der Waals surface area contributed by atoms with E-state index in [1.165, 1.54) is 6.20 Å². The van der Waals surface area contributed by atoms with Gasteiger partial charge in [-0.2, -0.15) is 0 Å². The molecule has 24 heavy (non-hydrogen) atoms. The van der Waals surface area contributed by atoms with Gasteiger partial charge in [0.2, 0.25) is 0 Å². The topological polar surface area (TPSA) is 64.1 Å². The summed E-state index contributed by atoms with van der Waals surface area (Å²) in [7, 11) is 0. The molecule has 3 aromatic rings. The first-order valence-electron chi connectivity index (χ1n) is 7.25. The minimum atomic E-state index is -0.363. The van der Waals surface area contributed by atoms with Crippen LogP contribution in [-0.4, -0.2) is 15.9 Å². The van der Waals surface area contributed by atoms with Gasteiger partial charge in [-0.25, -0.2) is 4.98 Å². The van der Waals surface area contributed by atoms with Crippen LogP contribution >= 0.6 is 11.6 Å². The second kappa shape index (κ2) is 7.10. The number of carbonyl (C=O) groups excluding carboxylic acids is 1. The Balaban J connectivity index is 1.83. The molecule has 0 saturated heterocycles. The molecule has 0 atom stereocenters. The number of hydrogen-bond acceptors (Lipinski definition) is 4. The fraction of sp³-hybridized carbons (Fsp3) is 0.0556. The van der Waals surface area contributed by atoms with Crippen molar-refractivity contribution in [2.45, 2.75) is 6.92 Å². The van der Waals surface area contributed by atoms with Gasteiger partial charge in [0, 0.05) is 6.20 Å². The molecule has 0 fully saturated rings. The number of nitrogens with one attached hydrogen (secondary N) is 1. The predicted octanol–water partition coefficient (Wildman–Crippen LogP) is 4.48. The van der Waals surface area contributed by atoms with Gasteiger partial charge >= 0.3 is 0 Å². The minimum Gasteiger partial charge on any atom is -0.454 e. The zero-order valence-electron chi connectivity index (χ0n) is 12.9. The van der Waals surface area contributed by atoms with E-state index in [1.807, 2.05) is 18.2 Å². The number of benzene rings is 2. The molecule has 1 amide bonds. The molecule has 0 aliphatic rings. The van der Waals surface area contributed by atoms with Crippen LogP contribution in [0.3, 0.4) is 0 Å². The van der Waals surface area contributed by atoms with Crippen molar-refractivity contribution in [1.29, 1.82) is 0 Å². The molecule has 0 aliphatic carbocycles. The molecule has 2 aromatic carbocycles. The van der Waals surface area contributed by atoms with E-state index in [1.54, 1.807) is 43.5 Å². The summed E-state index contributed by atoms with van der Waals surface area (Å²) in [5, 5.41) is 3.27. The Morgan fingerprint density at radius 2 is 1.71 bits per heavy atom. The van der Waals surface area contributed by atoms with Gasteiger partial charge in [0.25, 0.3) is 5.91 Å². The number of para-hydroxylation sites is 3. The number of aromatic nitrogens is 2. The Morgan fingerprint density at radius 1 is 1.00 bits per heavy atom. The van der Waals surface area contributed by atoms with E-state index in [0.29, 0.717) is 22.2 Å². The highest BCUT2D eigenvalue weighted by Crippen LogP contribution is 2.33. The van der Waals surface area contributed by atoms with Crippen molar-refractivity contribution < 1.29 is 9.53 Å². The van der Waals surface area contributed by atoms with Crippen LogP contribution in [0.2, 0.25) is 5.02 Å². The number of anilines is 1. The summed E-state index contributed by atoms with van der Waals surface area (Å²) in [5.74, 6) is 0.632. The molecular weight excluding hydrogens is 326 g/mol. The largest absolute Gasteiger partial charge is 0.454 e. The van der Waals surface area contributed by atoms with Gasteiger partial charge in [-0.05, 0) is 31.2 Å². The molecule has 0 saturated carbocycles. The van der Waals surface area contributed by atoms with Crippen molar-refractivity contribution in [3.8, 4) is 11.5 Å². The fourth-order valence-electron chi connectivity index (χ4n) is 2.00. The van der Waals surface area contributed by atoms with Crippen LogP contribution in [0.5, 0.6) is 11.5 Å². The van der Waals surface area contributed by atoms with Gasteiger partial charge in [-0.1, -0.05) is 35.9 Å². The van der Waals surface area contributed by atoms with Gasteiger partial charge in [-0.15, -0.1) is 0 Å². The van der Waals surface area contributed by atoms with Crippen LogP contribution < -0.4 is 10.1 Å². The van der Waals surface area contributed by atoms with Crippen molar-refractivity contribution in [1.82, 2.24) is 9.97 Å². The van der Waals surface area contributed by atoms with E-state index < -0.39 is 0 Å². The molecule has 3 rings (SSSR count). The minimum absolute atomic E-state index is 0.230. The number of amides is 1. The van der Waals surface area contributed by atoms with Crippen LogP contribution in [0.1, 0.15) is 16.2 Å². The zero-order chi connectivity index (χ0) is 16.9. The summed E-state index contributed by atoms with van der Waals surface area (Å²) < 4.78 is 5.81. The molecule has 0 aliphatic heterocycles. The lowest BCUT2D eigenvalue weighted by molar-refractivity contribution is 0.102. The van der Waals surface area contributed by atoms with Crippen LogP contribution in [0.15, 0.2) is 60.9 Å². The lowest BCUT2D eigenvalue weighted by Crippen LogP contribution is -2.14. The first kappa shape index (κ1) is 16.0. The summed E-state index contributed by atoms with van der Waals surface area (Å²) in [4.78, 5) is 20.4. The number of halogens is 1. The zero-order valence-corrected chi connectivity index (χ0v) is 13.6. The Kier molecular flexibility index (Phi) is 4.72. The standard InChI is InChI=1S/C18H14ClN3O2/c1-12-10-21-15(11-20-12)18(23)22-14-7-3-5-9-17(14)24-16-8-4-2-6-13(16)19/h2-11H,1H3,(H,22,23). The fourth-order valence-corrected chi connectivity index (χ4v) is 2.18. The Labute approximate surface area is 144 Å². The predicted molar refractivity (Wildman–Crippen MR) is 92.7 cm³/mol.